The number of likely N-dealkylation sites (tertiary alicyclic amines) is 1. The van der Waals surface area contributed by atoms with E-state index < -0.39 is 0 Å². The summed E-state index contributed by atoms with van der Waals surface area (Å²) >= 11 is 0. The Labute approximate surface area is 189 Å². The maximum absolute atomic E-state index is 13.3. The molecule has 0 spiro atoms. The van der Waals surface area contributed by atoms with Crippen molar-refractivity contribution in [3.63, 3.8) is 0 Å². The van der Waals surface area contributed by atoms with Crippen LogP contribution in [0.25, 0.3) is 0 Å². The average molecular weight is 438 g/mol. The molecule has 2 fully saturated rings. The van der Waals surface area contributed by atoms with Crippen molar-refractivity contribution in [3.8, 4) is 0 Å². The van der Waals surface area contributed by atoms with Gasteiger partial charge in [0.25, 0.3) is 0 Å². The molecule has 0 aromatic heterocycles. The van der Waals surface area contributed by atoms with Crippen molar-refractivity contribution in [2.45, 2.75) is 31.1 Å². The maximum Gasteiger partial charge on any atom is 0.223 e. The second-order valence-electron chi connectivity index (χ2n) is 9.01. The van der Waals surface area contributed by atoms with Crippen LogP contribution in [0.3, 0.4) is 0 Å². The Balaban J connectivity index is 1.20. The molecule has 1 heterocycles. The van der Waals surface area contributed by atoms with E-state index >= 15 is 0 Å². The van der Waals surface area contributed by atoms with E-state index in [-0.39, 0.29) is 23.6 Å². The second-order valence-corrected chi connectivity index (χ2v) is 9.01. The van der Waals surface area contributed by atoms with Crippen molar-refractivity contribution >= 4 is 12.3 Å². The quantitative estimate of drug-likeness (QED) is 0.561. The van der Waals surface area contributed by atoms with Crippen LogP contribution in [0.1, 0.15) is 42.2 Å². The molecule has 4 rings (SSSR count). The number of benzene rings is 2. The Kier molecular flexibility index (Phi) is 7.53. The third kappa shape index (κ3) is 5.74. The molecule has 2 N–H and O–H groups in total. The number of hydrogen-bond acceptors (Lipinski definition) is 3. The maximum atomic E-state index is 13.3. The van der Waals surface area contributed by atoms with Gasteiger partial charge < -0.3 is 15.5 Å². The largest absolute Gasteiger partial charge is 0.358 e. The van der Waals surface area contributed by atoms with E-state index in [0.717, 1.165) is 50.9 Å². The average Bonchev–Trinajstić information content (AvgIpc) is 3.63. The number of carbonyl (C=O) groups excluding carboxylic acids is 2. The summed E-state index contributed by atoms with van der Waals surface area (Å²) in [6, 6.07) is 16.9. The first-order chi connectivity index (χ1) is 15.7. The Morgan fingerprint density at radius 1 is 1.09 bits per heavy atom. The van der Waals surface area contributed by atoms with Gasteiger partial charge in [-0.15, -0.1) is 0 Å². The van der Waals surface area contributed by atoms with Crippen molar-refractivity contribution in [2.75, 3.05) is 32.7 Å². The lowest BCUT2D eigenvalue weighted by atomic mass is 9.80. The van der Waals surface area contributed by atoms with Crippen LogP contribution in [-0.4, -0.2) is 49.9 Å². The summed E-state index contributed by atoms with van der Waals surface area (Å²) in [4.78, 5) is 25.7. The van der Waals surface area contributed by atoms with Crippen LogP contribution in [0, 0.1) is 17.7 Å². The van der Waals surface area contributed by atoms with Gasteiger partial charge in [0.15, 0.2) is 0 Å². The van der Waals surface area contributed by atoms with Crippen molar-refractivity contribution in [1.82, 2.24) is 15.5 Å². The number of hydrogen-bond donors (Lipinski definition) is 2. The minimum atomic E-state index is -0.242. The molecule has 1 saturated heterocycles. The molecule has 6 heteroatoms. The van der Waals surface area contributed by atoms with Gasteiger partial charge >= 0.3 is 0 Å². The number of rotatable bonds is 10. The van der Waals surface area contributed by atoms with E-state index in [1.807, 2.05) is 30.3 Å². The summed E-state index contributed by atoms with van der Waals surface area (Å²) in [7, 11) is 0. The molecular formula is C26H32FN3O2. The van der Waals surface area contributed by atoms with E-state index in [0.29, 0.717) is 24.9 Å². The predicted molar refractivity (Wildman–Crippen MR) is 123 cm³/mol. The Bertz CT molecular complexity index is 882. The number of nitrogens with zero attached hydrogens (tertiary/aromatic N) is 1. The Morgan fingerprint density at radius 2 is 1.81 bits per heavy atom. The lowest BCUT2D eigenvalue weighted by Crippen LogP contribution is -2.41. The first-order valence-corrected chi connectivity index (χ1v) is 11.6. The van der Waals surface area contributed by atoms with Crippen LogP contribution in [0.15, 0.2) is 54.6 Å². The molecule has 0 bridgehead atoms. The molecule has 1 aliphatic carbocycles. The van der Waals surface area contributed by atoms with E-state index in [4.69, 9.17) is 0 Å². The summed E-state index contributed by atoms with van der Waals surface area (Å²) in [5.74, 6) is 1.04. The van der Waals surface area contributed by atoms with E-state index in [1.54, 1.807) is 0 Å². The van der Waals surface area contributed by atoms with Gasteiger partial charge in [0.2, 0.25) is 12.3 Å². The van der Waals surface area contributed by atoms with Gasteiger partial charge in [-0.25, -0.2) is 4.39 Å². The zero-order chi connectivity index (χ0) is 22.3. The highest BCUT2D eigenvalue weighted by Crippen LogP contribution is 2.47. The third-order valence-corrected chi connectivity index (χ3v) is 7.00. The van der Waals surface area contributed by atoms with E-state index in [1.165, 1.54) is 17.7 Å². The summed E-state index contributed by atoms with van der Waals surface area (Å²) in [5.41, 5.74) is 2.33. The molecule has 2 aromatic carbocycles. The highest BCUT2D eigenvalue weighted by atomic mass is 19.1. The first-order valence-electron chi connectivity index (χ1n) is 11.6. The molecule has 170 valence electrons. The van der Waals surface area contributed by atoms with Gasteiger partial charge in [-0.05, 0) is 67.4 Å². The van der Waals surface area contributed by atoms with Gasteiger partial charge in [-0.1, -0.05) is 42.5 Å². The molecule has 1 saturated carbocycles. The van der Waals surface area contributed by atoms with Crippen LogP contribution in [0.2, 0.25) is 0 Å². The van der Waals surface area contributed by atoms with Crippen LogP contribution >= 0.6 is 0 Å². The molecule has 2 aromatic rings. The molecule has 5 nitrogen and oxygen atoms in total. The fourth-order valence-corrected chi connectivity index (χ4v) is 5.04. The number of amides is 2. The van der Waals surface area contributed by atoms with Crippen molar-refractivity contribution in [3.05, 3.63) is 71.5 Å². The molecule has 2 amide bonds. The second kappa shape index (κ2) is 10.7. The number of halogens is 1. The third-order valence-electron chi connectivity index (χ3n) is 7.00. The smallest absolute Gasteiger partial charge is 0.223 e. The van der Waals surface area contributed by atoms with Gasteiger partial charge in [-0.2, -0.15) is 0 Å². The summed E-state index contributed by atoms with van der Waals surface area (Å²) < 4.78 is 13.3. The van der Waals surface area contributed by atoms with Crippen LogP contribution in [-0.2, 0) is 9.59 Å². The Morgan fingerprint density at radius 3 is 2.50 bits per heavy atom. The van der Waals surface area contributed by atoms with E-state index in [2.05, 4.69) is 27.7 Å². The molecule has 1 unspecified atom stereocenters. The zero-order valence-electron chi connectivity index (χ0n) is 18.4. The monoisotopic (exact) mass is 437 g/mol. The normalized spacial score (nSPS) is 22.2. The fraction of sp³-hybridized carbons (Fsp3) is 0.462. The number of nitrogens with one attached hydrogen (secondary N) is 2. The van der Waals surface area contributed by atoms with Crippen molar-refractivity contribution < 1.29 is 14.0 Å². The molecule has 3 atom stereocenters. The summed E-state index contributed by atoms with van der Waals surface area (Å²) in [6.07, 6.45) is 3.72. The highest BCUT2D eigenvalue weighted by molar-refractivity contribution is 5.82. The number of piperidine rings is 1. The van der Waals surface area contributed by atoms with Crippen molar-refractivity contribution in [1.29, 1.82) is 0 Å². The molecule has 0 radical (unpaired) electrons. The summed E-state index contributed by atoms with van der Waals surface area (Å²) in [5, 5.41) is 5.93. The molecule has 32 heavy (non-hydrogen) atoms. The van der Waals surface area contributed by atoms with Crippen LogP contribution in [0.5, 0.6) is 0 Å². The minimum Gasteiger partial charge on any atom is -0.358 e. The predicted octanol–water partition coefficient (Wildman–Crippen LogP) is 3.29. The van der Waals surface area contributed by atoms with Crippen molar-refractivity contribution in [2.24, 2.45) is 11.8 Å². The number of carbonyl (C=O) groups is 2. The lowest BCUT2D eigenvalue weighted by Gasteiger charge is -2.36. The van der Waals surface area contributed by atoms with Gasteiger partial charge in [-0.3, -0.25) is 9.59 Å². The van der Waals surface area contributed by atoms with Gasteiger partial charge in [0.05, 0.1) is 0 Å². The SMILES string of the molecule is O=CNC[C@H](c1ccc(F)cc1)C1CCN(CCNC(=O)C2C[C@H]2c2ccccc2)CC1. The van der Waals surface area contributed by atoms with E-state index in [9.17, 15) is 14.0 Å². The highest BCUT2D eigenvalue weighted by Gasteiger charge is 2.43. The first kappa shape index (κ1) is 22.5. The van der Waals surface area contributed by atoms with Crippen LogP contribution < -0.4 is 10.6 Å². The topological polar surface area (TPSA) is 61.4 Å². The lowest BCUT2D eigenvalue weighted by molar-refractivity contribution is -0.122. The van der Waals surface area contributed by atoms with Gasteiger partial charge in [0.1, 0.15) is 5.82 Å². The molecular weight excluding hydrogens is 405 g/mol. The molecule has 2 aliphatic rings. The van der Waals surface area contributed by atoms with Gasteiger partial charge in [0, 0.05) is 31.5 Å². The molecule has 1 aliphatic heterocycles. The van der Waals surface area contributed by atoms with Crippen LogP contribution in [0.4, 0.5) is 4.39 Å². The minimum absolute atomic E-state index is 0.116. The fourth-order valence-electron chi connectivity index (χ4n) is 5.04. The Hall–Kier alpha value is -2.73. The zero-order valence-corrected chi connectivity index (χ0v) is 18.4. The standard InChI is InChI=1S/C26H32FN3O2/c27-22-8-6-20(7-9-22)25(17-28-18-31)21-10-13-30(14-11-21)15-12-29-26(32)24-16-23(24)19-4-2-1-3-5-19/h1-9,18,21,23-25H,10-17H2,(H,28,31)(H,29,32)/t23-,24?,25+/m0/s1. The summed E-state index contributed by atoms with van der Waals surface area (Å²) in [6.45, 7) is 4.04.